The predicted molar refractivity (Wildman–Crippen MR) is 577 cm³/mol. The first kappa shape index (κ1) is 103. The van der Waals surface area contributed by atoms with Gasteiger partial charge in [0.25, 0.3) is 0 Å². The van der Waals surface area contributed by atoms with Crippen molar-refractivity contribution in [2.45, 2.75) is 367 Å². The largest absolute Gasteiger partial charge is 0.381 e. The standard InChI is InChI=1S/C22H36N2.C21H34N2.C17H25NO.2C16H23NO.2C15H21NO/c1-20(2,3)17-23-14-11-22(12-15-23)13-16-24(21(4,5)6)19-10-8-7-9-18(19)22;1-19(2,3)15-22-13-11-21(12-14-22)16-23(20(4,5)6)18-10-8-7-9-17(18)21;1-16(2,3)18-11-8-17(9-12-19-13-10-17)14-6-4-5-7-15(14)18;1-15(2,3)17-11-10-16(9-6-12-18-16)13-7-4-5-8-14(13)17;1-15(2,3)17-10-8-16(9-11-18-12-16)13-6-4-5-7-14(13)17;1-14(2,3)16-11-15(9-6-10-17-15)12-7-4-5-8-13(12)16;1-14(2,3)16-10-15(8-9-17-11-15)12-6-4-5-7-13(12)16/h7-10H,11-17H2,1-6H3;7-10H,11-16H2,1-6H3;4-7H,8-13H2,1-3H3;4-5,7-8H,6,9-12H2,1-3H3;4-7H,8-12H2,1-3H3;4-5,7-8H,6,9-11H2,1-3H3;4-7H,8-11H2,1-3H3. The van der Waals surface area contributed by atoms with Crippen molar-refractivity contribution in [2.24, 2.45) is 10.8 Å². The molecule has 0 aromatic heterocycles. The summed E-state index contributed by atoms with van der Waals surface area (Å²) >= 11 is 0. The Balaban J connectivity index is 0.000000121. The topological polar surface area (TPSA) is 75.3 Å². The molecule has 7 aromatic carbocycles. The van der Waals surface area contributed by atoms with Crippen molar-refractivity contribution in [1.29, 1.82) is 0 Å². The maximum absolute atomic E-state index is 6.14. The smallest absolute Gasteiger partial charge is 0.113 e. The van der Waals surface area contributed by atoms with E-state index in [0.29, 0.717) is 32.5 Å². The summed E-state index contributed by atoms with van der Waals surface area (Å²) in [7, 11) is 0. The molecule has 0 saturated carbocycles. The monoisotopic (exact) mass is 1850 g/mol. The zero-order valence-electron chi connectivity index (χ0n) is 90.4. The number of ether oxygens (including phenoxy) is 5. The van der Waals surface area contributed by atoms with Gasteiger partial charge in [-0.05, 0) is 355 Å². The minimum absolute atomic E-state index is 0.0122. The molecule has 14 heteroatoms. The molecule has 7 fully saturated rings. The van der Waals surface area contributed by atoms with Crippen LogP contribution in [0.1, 0.15) is 329 Å². The molecule has 0 amide bonds. The number of anilines is 7. The molecule has 136 heavy (non-hydrogen) atoms. The van der Waals surface area contributed by atoms with Crippen LogP contribution < -0.4 is 34.3 Å². The van der Waals surface area contributed by atoms with Crippen LogP contribution in [0.25, 0.3) is 0 Å². The Labute approximate surface area is 826 Å². The predicted octanol–water partition coefficient (Wildman–Crippen LogP) is 26.8. The lowest BCUT2D eigenvalue weighted by Gasteiger charge is -2.52. The van der Waals surface area contributed by atoms with Crippen LogP contribution in [-0.4, -0.2) is 187 Å². The lowest BCUT2D eigenvalue weighted by molar-refractivity contribution is -0.00979. The maximum Gasteiger partial charge on any atom is 0.113 e. The second-order valence-corrected chi connectivity index (χ2v) is 52.9. The van der Waals surface area contributed by atoms with Gasteiger partial charge in [0.1, 0.15) is 5.60 Å². The van der Waals surface area contributed by atoms with E-state index in [0.717, 1.165) is 98.3 Å². The first-order valence-electron chi connectivity index (χ1n) is 53.4. The van der Waals surface area contributed by atoms with Crippen LogP contribution >= 0.6 is 0 Å². The van der Waals surface area contributed by atoms with Crippen molar-refractivity contribution in [3.63, 3.8) is 0 Å². The number of piperidine rings is 2. The van der Waals surface area contributed by atoms with Crippen molar-refractivity contribution < 1.29 is 23.7 Å². The van der Waals surface area contributed by atoms with E-state index in [1.54, 1.807) is 16.7 Å². The van der Waals surface area contributed by atoms with Gasteiger partial charge in [0.15, 0.2) is 0 Å². The summed E-state index contributed by atoms with van der Waals surface area (Å²) in [6, 6.07) is 62.7. The molecule has 4 unspecified atom stereocenters. The third-order valence-corrected chi connectivity index (χ3v) is 33.3. The van der Waals surface area contributed by atoms with Gasteiger partial charge in [0, 0.05) is 209 Å². The summed E-state index contributed by atoms with van der Waals surface area (Å²) in [5.41, 5.74) is 24.3. The number of hydrogen-bond donors (Lipinski definition) is 0. The van der Waals surface area contributed by atoms with E-state index in [-0.39, 0.29) is 55.4 Å². The Hall–Kier alpha value is -7.14. The summed E-state index contributed by atoms with van der Waals surface area (Å²) in [6.45, 7) is 85.2. The number of benzene rings is 7. The number of likely N-dealkylation sites (tertiary alicyclic amines) is 2. The molecule has 21 rings (SSSR count). The summed E-state index contributed by atoms with van der Waals surface area (Å²) in [4.78, 5) is 23.3. The number of nitrogens with zero attached hydrogens (tertiary/aromatic N) is 9. The minimum atomic E-state index is -0.0239. The Kier molecular flexibility index (Phi) is 30.1. The summed E-state index contributed by atoms with van der Waals surface area (Å²) in [5, 5.41) is 0. The van der Waals surface area contributed by atoms with Crippen molar-refractivity contribution in [3.8, 4) is 0 Å². The highest BCUT2D eigenvalue weighted by molar-refractivity contribution is 5.69. The average molecular weight is 1860 g/mol. The molecular formula is C122H183N9O5. The fraction of sp³-hybridized carbons (Fsp3) is 0.656. The molecule has 0 aliphatic carbocycles. The normalized spacial score (nSPS) is 24.9. The van der Waals surface area contributed by atoms with Gasteiger partial charge in [0.05, 0.1) is 25.4 Å². The van der Waals surface area contributed by atoms with E-state index in [4.69, 9.17) is 23.7 Å². The molecule has 7 spiro atoms. The van der Waals surface area contributed by atoms with E-state index in [1.165, 1.54) is 204 Å². The molecule has 0 N–H and O–H groups in total. The van der Waals surface area contributed by atoms with Crippen LogP contribution in [-0.2, 0) is 62.0 Å². The molecule has 14 aliphatic rings. The van der Waals surface area contributed by atoms with Crippen molar-refractivity contribution in [1.82, 2.24) is 9.80 Å². The third-order valence-electron chi connectivity index (χ3n) is 33.3. The summed E-state index contributed by atoms with van der Waals surface area (Å²) in [5.74, 6) is 0. The van der Waals surface area contributed by atoms with Crippen molar-refractivity contribution >= 4 is 39.8 Å². The fourth-order valence-electron chi connectivity index (χ4n) is 26.2. The SMILES string of the molecule is CC(C)(C)CN1CCC2(CC1)CCN(C(C)(C)C)c1ccccc12.CC(C)(C)CN1CCC2(CC1)CN(C(C)(C)C)c1ccccc12.CC(C)(C)N1CC2(CCCO2)c2ccccc21.CC(C)(C)N1CC2(CCOC2)c2ccccc21.CC(C)(C)N1CCC2(CCCO2)c2ccccc21.CC(C)(C)N1CCC2(CCOC2)c2ccccc21.CC(C)(C)N1CCC2(CCOCC2)c2ccccc21. The van der Waals surface area contributed by atoms with E-state index >= 15 is 0 Å². The number of fused-ring (bicyclic) bond motifs is 14. The van der Waals surface area contributed by atoms with E-state index < -0.39 is 0 Å². The van der Waals surface area contributed by atoms with Crippen molar-refractivity contribution in [2.75, 3.05) is 172 Å². The van der Waals surface area contributed by atoms with Crippen LogP contribution in [0, 0.1) is 10.8 Å². The van der Waals surface area contributed by atoms with Gasteiger partial charge in [-0.15, -0.1) is 0 Å². The lowest BCUT2D eigenvalue weighted by Crippen LogP contribution is -2.52. The fourth-order valence-corrected chi connectivity index (χ4v) is 26.2. The first-order chi connectivity index (χ1) is 63.9. The molecular weight excluding hydrogens is 1670 g/mol. The van der Waals surface area contributed by atoms with Crippen LogP contribution in [0.3, 0.4) is 0 Å². The molecule has 14 nitrogen and oxygen atoms in total. The molecule has 0 bridgehead atoms. The lowest BCUT2D eigenvalue weighted by atomic mass is 9.67. The van der Waals surface area contributed by atoms with E-state index in [1.807, 2.05) is 0 Å². The minimum Gasteiger partial charge on any atom is -0.381 e. The summed E-state index contributed by atoms with van der Waals surface area (Å²) < 4.78 is 29.2. The number of rotatable bonds is 2. The molecule has 4 atom stereocenters. The average Bonchev–Trinajstić information content (AvgIpc) is 1.63. The second kappa shape index (κ2) is 39.6. The Morgan fingerprint density at radius 3 is 0.801 bits per heavy atom. The highest BCUT2D eigenvalue weighted by Crippen LogP contribution is 2.57. The van der Waals surface area contributed by atoms with E-state index in [9.17, 15) is 0 Å². The molecule has 7 saturated heterocycles. The van der Waals surface area contributed by atoms with Gasteiger partial charge >= 0.3 is 0 Å². The second-order valence-electron chi connectivity index (χ2n) is 52.9. The van der Waals surface area contributed by atoms with Gasteiger partial charge in [0.2, 0.25) is 0 Å². The van der Waals surface area contributed by atoms with Gasteiger partial charge in [-0.1, -0.05) is 169 Å². The highest BCUT2D eigenvalue weighted by atomic mass is 16.5. The zero-order valence-corrected chi connectivity index (χ0v) is 90.4. The third kappa shape index (κ3) is 22.2. The maximum atomic E-state index is 6.14. The van der Waals surface area contributed by atoms with Crippen molar-refractivity contribution in [3.05, 3.63) is 209 Å². The van der Waals surface area contributed by atoms with Gasteiger partial charge in [-0.2, -0.15) is 0 Å². The van der Waals surface area contributed by atoms with Gasteiger partial charge < -0.3 is 67.8 Å². The zero-order chi connectivity index (χ0) is 97.8. The number of hydrogen-bond acceptors (Lipinski definition) is 14. The first-order valence-corrected chi connectivity index (χ1v) is 53.4. The highest BCUT2D eigenvalue weighted by Gasteiger charge is 2.54. The van der Waals surface area contributed by atoms with Crippen LogP contribution in [0.15, 0.2) is 170 Å². The quantitative estimate of drug-likeness (QED) is 0.165. The molecule has 0 radical (unpaired) electrons. The van der Waals surface area contributed by atoms with Crippen LogP contribution in [0.2, 0.25) is 0 Å². The van der Waals surface area contributed by atoms with Gasteiger partial charge in [-0.25, -0.2) is 0 Å². The Morgan fingerprint density at radius 1 is 0.213 bits per heavy atom. The van der Waals surface area contributed by atoms with Crippen LogP contribution in [0.5, 0.6) is 0 Å². The Morgan fingerprint density at radius 2 is 0.456 bits per heavy atom. The number of para-hydroxylation sites is 7. The molecule has 7 aromatic rings. The molecule has 14 heterocycles. The van der Waals surface area contributed by atoms with Crippen LogP contribution in [0.4, 0.5) is 39.8 Å². The van der Waals surface area contributed by atoms with Gasteiger partial charge in [-0.3, -0.25) is 0 Å². The molecule has 746 valence electrons. The van der Waals surface area contributed by atoms with E-state index in [2.05, 4.69) is 401 Å². The molecule has 14 aliphatic heterocycles. The summed E-state index contributed by atoms with van der Waals surface area (Å²) in [6.07, 6.45) is 19.6. The Bertz CT molecular complexity index is 4920.